The second-order valence-corrected chi connectivity index (χ2v) is 3.07. The van der Waals surface area contributed by atoms with Gasteiger partial charge in [-0.15, -0.1) is 0 Å². The van der Waals surface area contributed by atoms with Gasteiger partial charge in [0.15, 0.2) is 0 Å². The van der Waals surface area contributed by atoms with E-state index >= 15 is 0 Å². The maximum absolute atomic E-state index is 5.70. The zero-order chi connectivity index (χ0) is 10.1. The Morgan fingerprint density at radius 1 is 1.36 bits per heavy atom. The van der Waals surface area contributed by atoms with Gasteiger partial charge in [-0.3, -0.25) is 4.68 Å². The van der Waals surface area contributed by atoms with Crippen molar-refractivity contribution in [2.75, 3.05) is 5.73 Å². The summed E-state index contributed by atoms with van der Waals surface area (Å²) in [7, 11) is 1.87. The van der Waals surface area contributed by atoms with Crippen molar-refractivity contribution < 1.29 is 0 Å². The molecular weight excluding hydrogens is 178 g/mol. The maximum atomic E-state index is 5.70. The Hall–Kier alpha value is -1.91. The Balaban J connectivity index is 2.63. The molecule has 2 aromatic heterocycles. The van der Waals surface area contributed by atoms with Gasteiger partial charge in [-0.2, -0.15) is 5.10 Å². The summed E-state index contributed by atoms with van der Waals surface area (Å²) < 4.78 is 1.76. The average Bonchev–Trinajstić information content (AvgIpc) is 2.57. The van der Waals surface area contributed by atoms with Crippen LogP contribution in [0.1, 0.15) is 5.56 Å². The SMILES string of the molecule is Cc1c(N)ncnc1-c1ccnn1C. The molecule has 0 aliphatic carbocycles. The van der Waals surface area contributed by atoms with Gasteiger partial charge < -0.3 is 5.73 Å². The van der Waals surface area contributed by atoms with Gasteiger partial charge in [-0.1, -0.05) is 0 Å². The van der Waals surface area contributed by atoms with E-state index in [-0.39, 0.29) is 0 Å². The Kier molecular flexibility index (Phi) is 1.92. The van der Waals surface area contributed by atoms with E-state index in [9.17, 15) is 0 Å². The standard InChI is InChI=1S/C9H11N5/c1-6-8(11-5-12-9(6)10)7-3-4-13-14(7)2/h3-5H,1-2H3,(H2,10,11,12). The zero-order valence-electron chi connectivity index (χ0n) is 8.10. The van der Waals surface area contributed by atoms with Gasteiger partial charge in [-0.25, -0.2) is 9.97 Å². The molecule has 0 saturated heterocycles. The normalized spacial score (nSPS) is 10.4. The Labute approximate surface area is 81.6 Å². The van der Waals surface area contributed by atoms with E-state index in [0.29, 0.717) is 5.82 Å². The summed E-state index contributed by atoms with van der Waals surface area (Å²) in [6.45, 7) is 1.90. The minimum atomic E-state index is 0.510. The molecule has 72 valence electrons. The summed E-state index contributed by atoms with van der Waals surface area (Å²) in [6.07, 6.45) is 3.19. The first-order chi connectivity index (χ1) is 6.70. The molecule has 2 aromatic rings. The van der Waals surface area contributed by atoms with E-state index in [1.807, 2.05) is 20.0 Å². The van der Waals surface area contributed by atoms with Crippen molar-refractivity contribution in [2.24, 2.45) is 7.05 Å². The average molecular weight is 189 g/mol. The molecular formula is C9H11N5. The number of nitrogens with two attached hydrogens (primary N) is 1. The van der Waals surface area contributed by atoms with Crippen LogP contribution in [0, 0.1) is 6.92 Å². The minimum absolute atomic E-state index is 0.510. The topological polar surface area (TPSA) is 69.6 Å². The number of rotatable bonds is 1. The molecule has 2 rings (SSSR count). The fourth-order valence-electron chi connectivity index (χ4n) is 1.33. The van der Waals surface area contributed by atoms with E-state index in [2.05, 4.69) is 15.1 Å². The number of nitrogen functional groups attached to an aromatic ring is 1. The smallest absolute Gasteiger partial charge is 0.130 e. The number of anilines is 1. The van der Waals surface area contributed by atoms with Crippen LogP contribution in [0.5, 0.6) is 0 Å². The fraction of sp³-hybridized carbons (Fsp3) is 0.222. The number of aromatic nitrogens is 4. The molecule has 0 bridgehead atoms. The van der Waals surface area contributed by atoms with Crippen molar-refractivity contribution in [1.82, 2.24) is 19.7 Å². The van der Waals surface area contributed by atoms with Crippen LogP contribution >= 0.6 is 0 Å². The van der Waals surface area contributed by atoms with Crippen molar-refractivity contribution in [3.05, 3.63) is 24.2 Å². The number of nitrogens with zero attached hydrogens (tertiary/aromatic N) is 4. The van der Waals surface area contributed by atoms with Crippen molar-refractivity contribution in [3.8, 4) is 11.4 Å². The molecule has 0 aromatic carbocycles. The molecule has 5 nitrogen and oxygen atoms in total. The lowest BCUT2D eigenvalue weighted by atomic mass is 10.2. The van der Waals surface area contributed by atoms with Crippen LogP contribution in [-0.2, 0) is 7.05 Å². The third-order valence-corrected chi connectivity index (χ3v) is 2.19. The predicted octanol–water partition coefficient (Wildman–Crippen LogP) is 0.768. The second-order valence-electron chi connectivity index (χ2n) is 3.07. The van der Waals surface area contributed by atoms with Crippen LogP contribution in [0.15, 0.2) is 18.6 Å². The van der Waals surface area contributed by atoms with Crippen molar-refractivity contribution in [1.29, 1.82) is 0 Å². The fourth-order valence-corrected chi connectivity index (χ4v) is 1.33. The number of aryl methyl sites for hydroxylation is 1. The van der Waals surface area contributed by atoms with E-state index < -0.39 is 0 Å². The van der Waals surface area contributed by atoms with Crippen LogP contribution in [-0.4, -0.2) is 19.7 Å². The van der Waals surface area contributed by atoms with Crippen molar-refractivity contribution >= 4 is 5.82 Å². The van der Waals surface area contributed by atoms with E-state index in [0.717, 1.165) is 17.0 Å². The lowest BCUT2D eigenvalue weighted by Gasteiger charge is -2.05. The molecule has 0 saturated carbocycles. The van der Waals surface area contributed by atoms with Crippen LogP contribution in [0.2, 0.25) is 0 Å². The van der Waals surface area contributed by atoms with Gasteiger partial charge in [0.05, 0.1) is 11.4 Å². The quantitative estimate of drug-likeness (QED) is 0.719. The summed E-state index contributed by atoms with van der Waals surface area (Å²) in [5, 5.41) is 4.08. The molecule has 0 radical (unpaired) electrons. The van der Waals surface area contributed by atoms with Gasteiger partial charge in [0.25, 0.3) is 0 Å². The Morgan fingerprint density at radius 2 is 2.14 bits per heavy atom. The highest BCUT2D eigenvalue weighted by molar-refractivity contribution is 5.63. The molecule has 0 aliphatic heterocycles. The molecule has 14 heavy (non-hydrogen) atoms. The molecule has 0 spiro atoms. The van der Waals surface area contributed by atoms with Gasteiger partial charge in [0.2, 0.25) is 0 Å². The first-order valence-corrected chi connectivity index (χ1v) is 4.25. The number of hydrogen-bond donors (Lipinski definition) is 1. The highest BCUT2D eigenvalue weighted by Gasteiger charge is 2.09. The summed E-state index contributed by atoms with van der Waals surface area (Å²) >= 11 is 0. The van der Waals surface area contributed by atoms with Gasteiger partial charge in [-0.05, 0) is 13.0 Å². The van der Waals surface area contributed by atoms with E-state index in [1.54, 1.807) is 10.9 Å². The molecule has 2 heterocycles. The van der Waals surface area contributed by atoms with E-state index in [4.69, 9.17) is 5.73 Å². The molecule has 0 fully saturated rings. The third-order valence-electron chi connectivity index (χ3n) is 2.19. The zero-order valence-corrected chi connectivity index (χ0v) is 8.10. The predicted molar refractivity (Wildman–Crippen MR) is 53.4 cm³/mol. The molecule has 0 unspecified atom stereocenters. The molecule has 0 atom stereocenters. The molecule has 5 heteroatoms. The summed E-state index contributed by atoms with van der Waals surface area (Å²) in [5.74, 6) is 0.510. The summed E-state index contributed by atoms with van der Waals surface area (Å²) in [6, 6.07) is 1.90. The van der Waals surface area contributed by atoms with Gasteiger partial charge in [0, 0.05) is 18.8 Å². The van der Waals surface area contributed by atoms with Crippen LogP contribution in [0.3, 0.4) is 0 Å². The van der Waals surface area contributed by atoms with Gasteiger partial charge >= 0.3 is 0 Å². The highest BCUT2D eigenvalue weighted by Crippen LogP contribution is 2.21. The molecule has 0 amide bonds. The van der Waals surface area contributed by atoms with Crippen molar-refractivity contribution in [3.63, 3.8) is 0 Å². The van der Waals surface area contributed by atoms with Crippen molar-refractivity contribution in [2.45, 2.75) is 6.92 Å². The lowest BCUT2D eigenvalue weighted by molar-refractivity contribution is 0.772. The molecule has 0 aliphatic rings. The monoisotopic (exact) mass is 189 g/mol. The Bertz CT molecular complexity index is 460. The van der Waals surface area contributed by atoms with Crippen LogP contribution in [0.4, 0.5) is 5.82 Å². The van der Waals surface area contributed by atoms with Crippen LogP contribution in [0.25, 0.3) is 11.4 Å². The van der Waals surface area contributed by atoms with Crippen LogP contribution < -0.4 is 5.73 Å². The largest absolute Gasteiger partial charge is 0.383 e. The molecule has 2 N–H and O–H groups in total. The first kappa shape index (κ1) is 8.68. The maximum Gasteiger partial charge on any atom is 0.130 e. The van der Waals surface area contributed by atoms with E-state index in [1.165, 1.54) is 6.33 Å². The summed E-state index contributed by atoms with van der Waals surface area (Å²) in [4.78, 5) is 8.11. The highest BCUT2D eigenvalue weighted by atomic mass is 15.3. The van der Waals surface area contributed by atoms with Gasteiger partial charge in [0.1, 0.15) is 12.1 Å². The number of hydrogen-bond acceptors (Lipinski definition) is 4. The Morgan fingerprint density at radius 3 is 2.79 bits per heavy atom. The minimum Gasteiger partial charge on any atom is -0.383 e. The first-order valence-electron chi connectivity index (χ1n) is 4.25. The second kappa shape index (κ2) is 3.10. The third kappa shape index (κ3) is 1.22. The lowest BCUT2D eigenvalue weighted by Crippen LogP contribution is -2.01. The summed E-state index contributed by atoms with van der Waals surface area (Å²) in [5.41, 5.74) is 8.35.